The van der Waals surface area contributed by atoms with E-state index in [1.165, 1.54) is 0 Å². The molecular weight excluding hydrogens is 477 g/mol. The van der Waals surface area contributed by atoms with Crippen molar-refractivity contribution < 1.29 is 59.5 Å². The van der Waals surface area contributed by atoms with Crippen molar-refractivity contribution in [2.24, 2.45) is 17.8 Å². The maximum absolute atomic E-state index is 13.6. The van der Waals surface area contributed by atoms with Gasteiger partial charge in [0.15, 0.2) is 18.4 Å². The molecule has 33 heavy (non-hydrogen) atoms. The van der Waals surface area contributed by atoms with E-state index in [-0.39, 0.29) is 5.92 Å². The molecule has 4 fully saturated rings. The molecule has 4 aliphatic rings. The topological polar surface area (TPSA) is 142 Å². The number of alkyl halides is 3. The molecule has 2 bridgehead atoms. The van der Waals surface area contributed by atoms with Gasteiger partial charge in [0.05, 0.1) is 12.5 Å². The highest BCUT2D eigenvalue weighted by Gasteiger charge is 2.72. The molecule has 0 spiro atoms. The minimum Gasteiger partial charge on any atom is -0.465 e. The molecule has 3 heterocycles. The lowest BCUT2D eigenvalue weighted by molar-refractivity contribution is -0.168. The molecular formula is C19H23F3O10S. The van der Waals surface area contributed by atoms with Crippen LogP contribution in [0.1, 0.15) is 38.5 Å². The molecule has 0 aromatic rings. The number of carbonyl (C=O) groups excluding carboxylic acids is 3. The number of halogens is 3. The second-order valence-electron chi connectivity index (χ2n) is 8.72. The van der Waals surface area contributed by atoms with Crippen LogP contribution in [0.2, 0.25) is 0 Å². The van der Waals surface area contributed by atoms with Gasteiger partial charge in [-0.15, -0.1) is 0 Å². The lowest BCUT2D eigenvalue weighted by Crippen LogP contribution is -2.48. The Morgan fingerprint density at radius 3 is 2.42 bits per heavy atom. The maximum Gasteiger partial charge on any atom is 0.400 e. The normalized spacial score (nSPS) is 34.7. The highest BCUT2D eigenvalue weighted by molar-refractivity contribution is 7.86. The van der Waals surface area contributed by atoms with Crippen LogP contribution < -0.4 is 0 Å². The molecule has 4 rings (SSSR count). The first-order chi connectivity index (χ1) is 15.4. The number of esters is 3. The summed E-state index contributed by atoms with van der Waals surface area (Å²) in [5, 5.41) is -5.07. The van der Waals surface area contributed by atoms with E-state index in [4.69, 9.17) is 23.5 Å². The minimum absolute atomic E-state index is 0.304. The van der Waals surface area contributed by atoms with Gasteiger partial charge in [0.1, 0.15) is 24.0 Å². The van der Waals surface area contributed by atoms with Gasteiger partial charge >= 0.3 is 33.3 Å². The van der Waals surface area contributed by atoms with Gasteiger partial charge < -0.3 is 18.9 Å². The van der Waals surface area contributed by atoms with Crippen molar-refractivity contribution in [2.45, 2.75) is 74.4 Å². The lowest BCUT2D eigenvalue weighted by atomic mass is 9.78. The zero-order valence-corrected chi connectivity index (χ0v) is 18.0. The fraction of sp³-hybridized carbons (Fsp3) is 0.842. The van der Waals surface area contributed by atoms with Crippen LogP contribution in [0, 0.1) is 17.8 Å². The Balaban J connectivity index is 1.39. The average Bonchev–Trinajstić information content (AvgIpc) is 3.37. The number of hydrogen-bond donors (Lipinski definition) is 1. The number of hydrogen-bond acceptors (Lipinski definition) is 9. The monoisotopic (exact) mass is 500 g/mol. The van der Waals surface area contributed by atoms with Crippen LogP contribution in [0.3, 0.4) is 0 Å². The van der Waals surface area contributed by atoms with E-state index in [9.17, 15) is 36.0 Å². The van der Waals surface area contributed by atoms with Gasteiger partial charge in [-0.25, -0.2) is 4.39 Å². The Kier molecular flexibility index (Phi) is 6.37. The van der Waals surface area contributed by atoms with Crippen LogP contribution in [0.25, 0.3) is 0 Å². The first-order valence-corrected chi connectivity index (χ1v) is 12.1. The van der Waals surface area contributed by atoms with Crippen LogP contribution in [0.5, 0.6) is 0 Å². The third-order valence-corrected chi connectivity index (χ3v) is 7.64. The van der Waals surface area contributed by atoms with E-state index in [1.807, 2.05) is 0 Å². The summed E-state index contributed by atoms with van der Waals surface area (Å²) in [6, 6.07) is 0. The van der Waals surface area contributed by atoms with Crippen molar-refractivity contribution in [2.75, 3.05) is 6.61 Å². The van der Waals surface area contributed by atoms with Gasteiger partial charge in [0, 0.05) is 6.42 Å². The third-order valence-electron chi connectivity index (χ3n) is 6.69. The molecule has 1 saturated carbocycles. The highest BCUT2D eigenvalue weighted by atomic mass is 32.2. The Morgan fingerprint density at radius 2 is 1.79 bits per heavy atom. The smallest absolute Gasteiger partial charge is 0.400 e. The summed E-state index contributed by atoms with van der Waals surface area (Å²) in [4.78, 5) is 37.4. The van der Waals surface area contributed by atoms with Crippen molar-refractivity contribution in [1.29, 1.82) is 0 Å². The van der Waals surface area contributed by atoms with E-state index in [0.717, 1.165) is 19.3 Å². The molecule has 0 aromatic heterocycles. The minimum atomic E-state index is -6.00. The number of ether oxygens (including phenoxy) is 4. The van der Waals surface area contributed by atoms with Crippen molar-refractivity contribution in [3.8, 4) is 0 Å². The molecule has 0 radical (unpaired) electrons. The van der Waals surface area contributed by atoms with E-state index in [2.05, 4.69) is 0 Å². The molecule has 14 heteroatoms. The van der Waals surface area contributed by atoms with Crippen molar-refractivity contribution in [3.63, 3.8) is 0 Å². The van der Waals surface area contributed by atoms with Crippen molar-refractivity contribution >= 4 is 28.0 Å². The summed E-state index contributed by atoms with van der Waals surface area (Å²) in [5.74, 6) is -4.92. The summed E-state index contributed by atoms with van der Waals surface area (Å²) >= 11 is 0. The highest BCUT2D eigenvalue weighted by Crippen LogP contribution is 2.51. The molecule has 0 amide bonds. The Bertz CT molecular complexity index is 919. The second-order valence-corrected chi connectivity index (χ2v) is 10.2. The number of carbonyl (C=O) groups is 3. The Morgan fingerprint density at radius 1 is 1.12 bits per heavy atom. The van der Waals surface area contributed by atoms with Gasteiger partial charge in [0.2, 0.25) is 0 Å². The molecule has 0 aromatic carbocycles. The van der Waals surface area contributed by atoms with Crippen LogP contribution in [0.4, 0.5) is 13.2 Å². The van der Waals surface area contributed by atoms with Gasteiger partial charge in [0.25, 0.3) is 0 Å². The van der Waals surface area contributed by atoms with E-state index < -0.39 is 88.7 Å². The molecule has 3 saturated heterocycles. The molecule has 186 valence electrons. The van der Waals surface area contributed by atoms with E-state index in [1.54, 1.807) is 0 Å². The van der Waals surface area contributed by atoms with Crippen LogP contribution in [-0.2, 0) is 43.4 Å². The summed E-state index contributed by atoms with van der Waals surface area (Å²) in [6.45, 7) is -0.948. The zero-order chi connectivity index (χ0) is 24.1. The first-order valence-electron chi connectivity index (χ1n) is 10.7. The predicted molar refractivity (Wildman–Crippen MR) is 98.9 cm³/mol. The summed E-state index contributed by atoms with van der Waals surface area (Å²) in [5.41, 5.74) is 0. The SMILES string of the molecule is O=C(OC1C2OC(=O)C3C2OC1C3C(=O)OCCC(F)C(F)(F)S(=O)(=O)O)C1CCCCC1. The summed E-state index contributed by atoms with van der Waals surface area (Å²) in [7, 11) is -6.00. The first kappa shape index (κ1) is 24.2. The average molecular weight is 500 g/mol. The van der Waals surface area contributed by atoms with Crippen LogP contribution in [0.15, 0.2) is 0 Å². The second kappa shape index (κ2) is 8.69. The standard InChI is InChI=1S/C19H23F3O10S/c20-9(19(21,22)33(26,27)28)6-7-29-17(24)10-11-13-15(32-18(11)25)14(12(10)30-13)31-16(23)8-4-2-1-3-5-8/h8-15H,1-7H2,(H,26,27,28). The zero-order valence-electron chi connectivity index (χ0n) is 17.2. The molecule has 3 aliphatic heterocycles. The van der Waals surface area contributed by atoms with Gasteiger partial charge in [-0.05, 0) is 12.8 Å². The molecule has 1 N–H and O–H groups in total. The van der Waals surface area contributed by atoms with Crippen LogP contribution >= 0.6 is 0 Å². The van der Waals surface area contributed by atoms with E-state index >= 15 is 0 Å². The molecule has 7 unspecified atom stereocenters. The fourth-order valence-corrected chi connectivity index (χ4v) is 5.44. The van der Waals surface area contributed by atoms with E-state index in [0.29, 0.717) is 12.8 Å². The Hall–Kier alpha value is -1.93. The Labute approximate surface area is 186 Å². The predicted octanol–water partition coefficient (Wildman–Crippen LogP) is 1.17. The largest absolute Gasteiger partial charge is 0.465 e. The molecule has 1 aliphatic carbocycles. The van der Waals surface area contributed by atoms with Crippen molar-refractivity contribution in [3.05, 3.63) is 0 Å². The molecule has 10 nitrogen and oxygen atoms in total. The maximum atomic E-state index is 13.6. The lowest BCUT2D eigenvalue weighted by Gasteiger charge is -2.29. The van der Waals surface area contributed by atoms with Crippen LogP contribution in [-0.4, -0.2) is 73.3 Å². The van der Waals surface area contributed by atoms with Gasteiger partial charge in [-0.1, -0.05) is 19.3 Å². The molecule has 7 atom stereocenters. The number of fused-ring (bicyclic) bond motifs is 1. The van der Waals surface area contributed by atoms with Crippen molar-refractivity contribution in [1.82, 2.24) is 0 Å². The fourth-order valence-electron chi connectivity index (χ4n) is 5.00. The number of rotatable bonds is 8. The summed E-state index contributed by atoms with van der Waals surface area (Å²) in [6.07, 6.45) is -4.25. The van der Waals surface area contributed by atoms with Gasteiger partial charge in [-0.2, -0.15) is 17.2 Å². The third kappa shape index (κ3) is 4.20. The van der Waals surface area contributed by atoms with Gasteiger partial charge in [-0.3, -0.25) is 18.9 Å². The quantitative estimate of drug-likeness (QED) is 0.293. The summed E-state index contributed by atoms with van der Waals surface area (Å²) < 4.78 is 91.1.